The van der Waals surface area contributed by atoms with E-state index in [1.165, 1.54) is 7.11 Å². The van der Waals surface area contributed by atoms with Gasteiger partial charge in [0.25, 0.3) is 0 Å². The summed E-state index contributed by atoms with van der Waals surface area (Å²) in [6, 6.07) is 0. The minimum atomic E-state index is -0.241. The van der Waals surface area contributed by atoms with Crippen molar-refractivity contribution < 1.29 is 9.53 Å². The summed E-state index contributed by atoms with van der Waals surface area (Å²) in [6.07, 6.45) is 0. The first-order chi connectivity index (χ1) is 3.81. The van der Waals surface area contributed by atoms with E-state index >= 15 is 0 Å². The van der Waals surface area contributed by atoms with Gasteiger partial charge < -0.3 is 4.74 Å². The van der Waals surface area contributed by atoms with Crippen molar-refractivity contribution in [1.82, 2.24) is 0 Å². The average Bonchev–Trinajstić information content (AvgIpc) is 1.91. The predicted molar refractivity (Wildman–Crippen MR) is 40.7 cm³/mol. The number of carbonyl (C=O) groups is 1. The molecule has 0 heterocycles. The molecule has 0 rings (SSSR count). The third-order valence-electron chi connectivity index (χ3n) is 0.337. The maximum atomic E-state index is 9.91. The molecule has 0 aromatic heterocycles. The Morgan fingerprint density at radius 1 is 1.62 bits per heavy atom. The average molecular weight is 248 g/mol. The van der Waals surface area contributed by atoms with E-state index in [1.807, 2.05) is 5.83 Å². The van der Waals surface area contributed by atoms with Crippen molar-refractivity contribution in [3.8, 4) is 0 Å². The lowest BCUT2D eigenvalue weighted by atomic mass is 10.8. The highest BCUT2D eigenvalue weighted by Gasteiger charge is 1.89. The minimum absolute atomic E-state index is 0.241. The maximum absolute atomic E-state index is 9.91. The molecule has 0 unspecified atom stereocenters. The Hall–Kier alpha value is 0.430. The van der Waals surface area contributed by atoms with E-state index in [4.69, 9.17) is 0 Å². The van der Waals surface area contributed by atoms with Crippen LogP contribution in [0.25, 0.3) is 0 Å². The Kier molecular flexibility index (Phi) is 14.7. The van der Waals surface area contributed by atoms with Crippen LogP contribution in [0, 0.1) is 0 Å². The third-order valence-corrected chi connectivity index (χ3v) is 0.795. The van der Waals surface area contributed by atoms with Crippen LogP contribution in [0.3, 0.4) is 0 Å². The van der Waals surface area contributed by atoms with Gasteiger partial charge in [-0.05, 0) is 5.83 Å². The van der Waals surface area contributed by atoms with Gasteiger partial charge in [0.2, 0.25) is 0 Å². The van der Waals surface area contributed by atoms with Crippen LogP contribution in [0.2, 0.25) is 0 Å². The van der Waals surface area contributed by atoms with Gasteiger partial charge in [-0.3, -0.25) is 4.79 Å². The molecule has 8 heavy (non-hydrogen) atoms. The molecule has 0 atom stereocenters. The summed E-state index contributed by atoms with van der Waals surface area (Å²) < 4.78 is 4.21. The van der Waals surface area contributed by atoms with Crippen LogP contribution in [0.4, 0.5) is 0 Å². The molecule has 0 spiro atoms. The fourth-order valence-electron chi connectivity index (χ4n) is 0.0546. The lowest BCUT2D eigenvalue weighted by Gasteiger charge is -1.86. The second-order valence-electron chi connectivity index (χ2n) is 0.710. The number of halogens is 2. The molecule has 0 aliphatic carbocycles. The SMILES string of the molecule is CBr.COC(=O)CBr. The molecule has 0 aromatic carbocycles. The van der Waals surface area contributed by atoms with Gasteiger partial charge >= 0.3 is 5.97 Å². The standard InChI is InChI=1S/C3H5BrO2.CH3Br/c1-6-3(5)2-4;1-2/h2H2,1H3;1H3. The number of methoxy groups -OCH3 is 1. The summed E-state index contributed by atoms with van der Waals surface area (Å²) in [5, 5.41) is 0.281. The maximum Gasteiger partial charge on any atom is 0.316 e. The van der Waals surface area contributed by atoms with Gasteiger partial charge in [-0.25, -0.2) is 0 Å². The monoisotopic (exact) mass is 246 g/mol. The van der Waals surface area contributed by atoms with Crippen molar-refractivity contribution in [2.24, 2.45) is 0 Å². The van der Waals surface area contributed by atoms with Gasteiger partial charge in [-0.1, -0.05) is 31.9 Å². The van der Waals surface area contributed by atoms with Crippen LogP contribution in [-0.2, 0) is 9.53 Å². The second kappa shape index (κ2) is 10.4. The smallest absolute Gasteiger partial charge is 0.316 e. The number of hydrogen-bond acceptors (Lipinski definition) is 2. The van der Waals surface area contributed by atoms with Gasteiger partial charge in [-0.15, -0.1) is 0 Å². The van der Waals surface area contributed by atoms with Gasteiger partial charge in [0.1, 0.15) is 5.33 Å². The van der Waals surface area contributed by atoms with Gasteiger partial charge in [0.05, 0.1) is 7.11 Å². The van der Waals surface area contributed by atoms with Crippen LogP contribution in [0.15, 0.2) is 0 Å². The predicted octanol–water partition coefficient (Wildman–Crippen LogP) is 1.57. The molecule has 0 amide bonds. The third kappa shape index (κ3) is 9.66. The number of alkyl halides is 2. The van der Waals surface area contributed by atoms with E-state index in [1.54, 1.807) is 0 Å². The highest BCUT2D eigenvalue weighted by atomic mass is 79.9. The Morgan fingerprint density at radius 3 is 2.00 bits per heavy atom. The largest absolute Gasteiger partial charge is 0.468 e. The quantitative estimate of drug-likeness (QED) is 0.520. The molecule has 0 aliphatic heterocycles. The number of carbonyl (C=O) groups excluding carboxylic acids is 1. The summed E-state index contributed by atoms with van der Waals surface area (Å²) in [5.74, 6) is 1.57. The fourth-order valence-corrected chi connectivity index (χ4v) is 0.283. The van der Waals surface area contributed by atoms with Gasteiger partial charge in [-0.2, -0.15) is 0 Å². The molecular weight excluding hydrogens is 240 g/mol. The molecule has 0 saturated carbocycles. The lowest BCUT2D eigenvalue weighted by Crippen LogP contribution is -1.99. The first-order valence-corrected chi connectivity index (χ1v) is 4.52. The number of ether oxygens (including phenoxy) is 1. The number of esters is 1. The van der Waals surface area contributed by atoms with Crippen LogP contribution < -0.4 is 0 Å². The summed E-state index contributed by atoms with van der Waals surface area (Å²) in [4.78, 5) is 9.91. The van der Waals surface area contributed by atoms with Crippen LogP contribution in [0.5, 0.6) is 0 Å². The first kappa shape index (κ1) is 11.3. The lowest BCUT2D eigenvalue weighted by molar-refractivity contribution is -0.137. The van der Waals surface area contributed by atoms with E-state index in [0.29, 0.717) is 0 Å². The topological polar surface area (TPSA) is 26.3 Å². The van der Waals surface area contributed by atoms with Crippen LogP contribution >= 0.6 is 31.9 Å². The molecule has 0 N–H and O–H groups in total. The molecule has 0 radical (unpaired) electrons. The van der Waals surface area contributed by atoms with Crippen molar-refractivity contribution in [2.75, 3.05) is 18.3 Å². The molecule has 0 aliphatic rings. The zero-order valence-corrected chi connectivity index (χ0v) is 7.95. The van der Waals surface area contributed by atoms with Crippen molar-refractivity contribution in [3.05, 3.63) is 0 Å². The zero-order valence-electron chi connectivity index (χ0n) is 4.78. The van der Waals surface area contributed by atoms with E-state index in [9.17, 15) is 4.79 Å². The molecular formula is C4H8Br2O2. The molecule has 0 aromatic rings. The molecule has 0 bridgehead atoms. The Labute approximate surface area is 65.9 Å². The number of rotatable bonds is 1. The molecule has 0 saturated heterocycles. The molecule has 0 fully saturated rings. The van der Waals surface area contributed by atoms with Gasteiger partial charge in [0, 0.05) is 0 Å². The summed E-state index contributed by atoms with van der Waals surface area (Å²) >= 11 is 5.84. The highest BCUT2D eigenvalue weighted by molar-refractivity contribution is 9.09. The first-order valence-electron chi connectivity index (χ1n) is 1.82. The Balaban J connectivity index is 0. The summed E-state index contributed by atoms with van der Waals surface area (Å²) in [5.41, 5.74) is 0. The molecule has 50 valence electrons. The molecule has 4 heteroatoms. The van der Waals surface area contributed by atoms with Crippen molar-refractivity contribution in [2.45, 2.75) is 0 Å². The van der Waals surface area contributed by atoms with Crippen molar-refractivity contribution in [1.29, 1.82) is 0 Å². The fraction of sp³-hybridized carbons (Fsp3) is 0.750. The molecule has 2 nitrogen and oxygen atoms in total. The second-order valence-corrected chi connectivity index (χ2v) is 1.27. The summed E-state index contributed by atoms with van der Waals surface area (Å²) in [6.45, 7) is 0. The number of hydrogen-bond donors (Lipinski definition) is 0. The zero-order chi connectivity index (χ0) is 6.99. The van der Waals surface area contributed by atoms with Crippen LogP contribution in [0.1, 0.15) is 0 Å². The Morgan fingerprint density at radius 2 is 2.00 bits per heavy atom. The van der Waals surface area contributed by atoms with E-state index in [0.717, 1.165) is 0 Å². The highest BCUT2D eigenvalue weighted by Crippen LogP contribution is 1.79. The van der Waals surface area contributed by atoms with Crippen molar-refractivity contribution >= 4 is 37.8 Å². The van der Waals surface area contributed by atoms with Gasteiger partial charge in [0.15, 0.2) is 0 Å². The van der Waals surface area contributed by atoms with E-state index in [2.05, 4.69) is 36.6 Å². The summed E-state index contributed by atoms with van der Waals surface area (Å²) in [7, 11) is 1.35. The van der Waals surface area contributed by atoms with E-state index < -0.39 is 0 Å². The van der Waals surface area contributed by atoms with Crippen LogP contribution in [-0.4, -0.2) is 24.2 Å². The Bertz CT molecular complexity index is 50.0. The van der Waals surface area contributed by atoms with Crippen molar-refractivity contribution in [3.63, 3.8) is 0 Å². The minimum Gasteiger partial charge on any atom is -0.468 e. The van der Waals surface area contributed by atoms with E-state index in [-0.39, 0.29) is 11.3 Å². The normalized spacial score (nSPS) is 6.50.